The lowest BCUT2D eigenvalue weighted by Crippen LogP contribution is -2.32. The number of amides is 2. The number of rotatable bonds is 5. The third-order valence-corrected chi connectivity index (χ3v) is 4.95. The maximum Gasteiger partial charge on any atom is 0.293 e. The summed E-state index contributed by atoms with van der Waals surface area (Å²) < 4.78 is 11.6. The van der Waals surface area contributed by atoms with E-state index in [4.69, 9.17) is 20.8 Å². The van der Waals surface area contributed by atoms with Crippen LogP contribution in [0.1, 0.15) is 5.76 Å². The van der Waals surface area contributed by atoms with E-state index in [1.165, 1.54) is 0 Å². The number of imide groups is 1. The fraction of sp³-hybridized carbons (Fsp3) is 0.125. The first-order chi connectivity index (χ1) is 11.5. The lowest BCUT2D eigenvalue weighted by molar-refractivity contribution is -0.123. The van der Waals surface area contributed by atoms with Crippen molar-refractivity contribution in [3.63, 3.8) is 0 Å². The minimum atomic E-state index is -0.348. The molecule has 0 radical (unpaired) electrons. The molecule has 2 heterocycles. The van der Waals surface area contributed by atoms with Crippen LogP contribution in [0.4, 0.5) is 4.79 Å². The third-order valence-electron chi connectivity index (χ3n) is 3.15. The molecule has 0 atom stereocenters. The molecule has 1 fully saturated rings. The Morgan fingerprint density at radius 3 is 2.75 bits per heavy atom. The van der Waals surface area contributed by atoms with Gasteiger partial charge in [0.25, 0.3) is 11.1 Å². The minimum absolute atomic E-state index is 0.156. The number of furan rings is 1. The fourth-order valence-corrected chi connectivity index (χ4v) is 3.51. The van der Waals surface area contributed by atoms with Crippen molar-refractivity contribution in [2.45, 2.75) is 0 Å². The molecule has 0 N–H and O–H groups in total. The second-order valence-electron chi connectivity index (χ2n) is 4.75. The van der Waals surface area contributed by atoms with Crippen molar-refractivity contribution in [3.05, 3.63) is 55.9 Å². The molecule has 0 aliphatic carbocycles. The normalized spacial score (nSPS) is 16.2. The molecule has 1 aliphatic rings. The van der Waals surface area contributed by atoms with E-state index in [1.54, 1.807) is 42.5 Å². The quantitative estimate of drug-likeness (QED) is 0.465. The van der Waals surface area contributed by atoms with Gasteiger partial charge in [-0.25, -0.2) is 0 Å². The molecule has 5 nitrogen and oxygen atoms in total. The average Bonchev–Trinajstić information content (AvgIpc) is 3.07. The van der Waals surface area contributed by atoms with E-state index in [1.807, 2.05) is 22.6 Å². The van der Waals surface area contributed by atoms with E-state index in [0.29, 0.717) is 25.2 Å². The molecule has 0 saturated carbocycles. The molecular weight excluding hydrogens is 465 g/mol. The molecular formula is C16H11ClINO4S. The van der Waals surface area contributed by atoms with E-state index in [2.05, 4.69) is 0 Å². The molecule has 1 aliphatic heterocycles. The Morgan fingerprint density at radius 2 is 2.04 bits per heavy atom. The number of benzene rings is 1. The molecule has 8 heteroatoms. The van der Waals surface area contributed by atoms with Gasteiger partial charge in [-0.3, -0.25) is 14.5 Å². The monoisotopic (exact) mass is 475 g/mol. The van der Waals surface area contributed by atoms with Gasteiger partial charge in [-0.1, -0.05) is 23.7 Å². The number of thioether (sulfide) groups is 1. The highest BCUT2D eigenvalue weighted by atomic mass is 127. The third kappa shape index (κ3) is 3.96. The maximum atomic E-state index is 12.3. The SMILES string of the molecule is O=C1S/C(=C\c2ccc(I)o2)C(=O)N1CCOc1ccccc1Cl. The van der Waals surface area contributed by atoms with Crippen LogP contribution >= 0.6 is 46.0 Å². The van der Waals surface area contributed by atoms with Crippen LogP contribution in [0.3, 0.4) is 0 Å². The van der Waals surface area contributed by atoms with Crippen LogP contribution in [-0.2, 0) is 4.79 Å². The Balaban J connectivity index is 1.62. The average molecular weight is 476 g/mol. The van der Waals surface area contributed by atoms with Gasteiger partial charge >= 0.3 is 0 Å². The van der Waals surface area contributed by atoms with E-state index in [-0.39, 0.29) is 24.3 Å². The molecule has 0 unspecified atom stereocenters. The standard InChI is InChI=1S/C16H11ClINO4S/c17-11-3-1-2-4-12(11)22-8-7-19-15(20)13(24-16(19)21)9-10-5-6-14(18)23-10/h1-6,9H,7-8H2/b13-9-. The van der Waals surface area contributed by atoms with Crippen molar-refractivity contribution in [1.82, 2.24) is 4.90 Å². The molecule has 0 spiro atoms. The van der Waals surface area contributed by atoms with Crippen molar-refractivity contribution >= 4 is 63.2 Å². The van der Waals surface area contributed by atoms with Crippen LogP contribution in [0.25, 0.3) is 6.08 Å². The summed E-state index contributed by atoms with van der Waals surface area (Å²) in [7, 11) is 0. The minimum Gasteiger partial charge on any atom is -0.490 e. The number of hydrogen-bond acceptors (Lipinski definition) is 5. The van der Waals surface area contributed by atoms with Gasteiger partial charge in [-0.05, 0) is 58.6 Å². The lowest BCUT2D eigenvalue weighted by Gasteiger charge is -2.13. The highest BCUT2D eigenvalue weighted by molar-refractivity contribution is 14.1. The number of halogens is 2. The summed E-state index contributed by atoms with van der Waals surface area (Å²) in [5.41, 5.74) is 0. The smallest absolute Gasteiger partial charge is 0.293 e. The Hall–Kier alpha value is -1.45. The van der Waals surface area contributed by atoms with Crippen molar-refractivity contribution in [1.29, 1.82) is 0 Å². The summed E-state index contributed by atoms with van der Waals surface area (Å²) in [5.74, 6) is 0.711. The van der Waals surface area contributed by atoms with Crippen LogP contribution in [0.2, 0.25) is 5.02 Å². The predicted octanol–water partition coefficient (Wildman–Crippen LogP) is 4.65. The van der Waals surface area contributed by atoms with Crippen molar-refractivity contribution in [2.24, 2.45) is 0 Å². The Labute approximate surface area is 161 Å². The van der Waals surface area contributed by atoms with Crippen LogP contribution in [0.5, 0.6) is 5.75 Å². The van der Waals surface area contributed by atoms with Gasteiger partial charge in [0, 0.05) is 6.08 Å². The molecule has 2 amide bonds. The summed E-state index contributed by atoms with van der Waals surface area (Å²) in [4.78, 5) is 25.8. The van der Waals surface area contributed by atoms with Crippen LogP contribution < -0.4 is 4.74 Å². The first-order valence-electron chi connectivity index (χ1n) is 6.92. The van der Waals surface area contributed by atoms with Crippen LogP contribution in [0, 0.1) is 3.77 Å². The molecule has 24 heavy (non-hydrogen) atoms. The molecule has 0 bridgehead atoms. The topological polar surface area (TPSA) is 59.8 Å². The molecule has 1 aromatic heterocycles. The summed E-state index contributed by atoms with van der Waals surface area (Å²) in [6.07, 6.45) is 1.57. The molecule has 3 rings (SSSR count). The number of ether oxygens (including phenoxy) is 1. The zero-order valence-electron chi connectivity index (χ0n) is 12.2. The highest BCUT2D eigenvalue weighted by Gasteiger charge is 2.35. The summed E-state index contributed by atoms with van der Waals surface area (Å²) in [6, 6.07) is 10.6. The van der Waals surface area contributed by atoms with Gasteiger partial charge in [0.15, 0.2) is 3.77 Å². The zero-order chi connectivity index (χ0) is 17.1. The summed E-state index contributed by atoms with van der Waals surface area (Å²) in [6.45, 7) is 0.330. The Morgan fingerprint density at radius 1 is 1.25 bits per heavy atom. The van der Waals surface area contributed by atoms with Gasteiger partial charge in [-0.2, -0.15) is 0 Å². The van der Waals surface area contributed by atoms with Crippen LogP contribution in [-0.4, -0.2) is 29.2 Å². The van der Waals surface area contributed by atoms with Crippen molar-refractivity contribution in [3.8, 4) is 5.75 Å². The summed E-state index contributed by atoms with van der Waals surface area (Å²) in [5, 5.41) is 0.161. The number of carbonyl (C=O) groups is 2. The van der Waals surface area contributed by atoms with Gasteiger partial charge in [0.1, 0.15) is 18.1 Å². The van der Waals surface area contributed by atoms with Crippen molar-refractivity contribution in [2.75, 3.05) is 13.2 Å². The maximum absolute atomic E-state index is 12.3. The number of carbonyl (C=O) groups excluding carboxylic acids is 2. The number of hydrogen-bond donors (Lipinski definition) is 0. The predicted molar refractivity (Wildman–Crippen MR) is 101 cm³/mol. The first-order valence-corrected chi connectivity index (χ1v) is 9.20. The Kier molecular flexibility index (Phi) is 5.52. The molecule has 1 saturated heterocycles. The number of nitrogens with zero attached hydrogens (tertiary/aromatic N) is 1. The van der Waals surface area contributed by atoms with E-state index in [9.17, 15) is 9.59 Å². The second-order valence-corrected chi connectivity index (χ2v) is 7.22. The second kappa shape index (κ2) is 7.62. The molecule has 1 aromatic carbocycles. The summed E-state index contributed by atoms with van der Waals surface area (Å²) >= 11 is 8.92. The first kappa shape index (κ1) is 17.4. The molecule has 124 valence electrons. The van der Waals surface area contributed by atoms with E-state index >= 15 is 0 Å². The van der Waals surface area contributed by atoms with E-state index in [0.717, 1.165) is 16.7 Å². The van der Waals surface area contributed by atoms with Gasteiger partial charge < -0.3 is 9.15 Å². The zero-order valence-corrected chi connectivity index (χ0v) is 15.9. The fourth-order valence-electron chi connectivity index (χ4n) is 2.04. The lowest BCUT2D eigenvalue weighted by atomic mass is 10.3. The van der Waals surface area contributed by atoms with E-state index < -0.39 is 0 Å². The van der Waals surface area contributed by atoms with Gasteiger partial charge in [0.05, 0.1) is 16.5 Å². The molecule has 2 aromatic rings. The largest absolute Gasteiger partial charge is 0.490 e. The van der Waals surface area contributed by atoms with Gasteiger partial charge in [-0.15, -0.1) is 0 Å². The highest BCUT2D eigenvalue weighted by Crippen LogP contribution is 2.32. The number of para-hydroxylation sites is 1. The van der Waals surface area contributed by atoms with Gasteiger partial charge in [0.2, 0.25) is 0 Å². The Bertz CT molecular complexity index is 820. The van der Waals surface area contributed by atoms with Crippen LogP contribution in [0.15, 0.2) is 45.7 Å². The van der Waals surface area contributed by atoms with Crippen molar-refractivity contribution < 1.29 is 18.7 Å².